The second-order valence-electron chi connectivity index (χ2n) is 4.47. The number of nitrogens with zero attached hydrogens (tertiary/aromatic N) is 3. The fourth-order valence-electron chi connectivity index (χ4n) is 1.80. The quantitative estimate of drug-likeness (QED) is 0.853. The van der Waals surface area contributed by atoms with E-state index < -0.39 is 15.8 Å². The number of aromatic nitrogens is 2. The average molecular weight is 298 g/mol. The highest BCUT2D eigenvalue weighted by molar-refractivity contribution is 7.89. The van der Waals surface area contributed by atoms with Crippen LogP contribution in [0.3, 0.4) is 0 Å². The number of halogens is 1. The van der Waals surface area contributed by atoms with Gasteiger partial charge in [-0.3, -0.25) is 4.68 Å². The van der Waals surface area contributed by atoms with Crippen molar-refractivity contribution in [1.82, 2.24) is 14.1 Å². The van der Waals surface area contributed by atoms with Crippen LogP contribution in [0.4, 0.5) is 10.1 Å². The standard InChI is InChI=1S/C12H15FN4O2S/c1-16-7-9(6-15-16)8-17(2)20(18,19)12-5-10(13)3-4-11(12)14/h3-7H,8,14H2,1-2H3. The molecular weight excluding hydrogens is 283 g/mol. The van der Waals surface area contributed by atoms with Gasteiger partial charge >= 0.3 is 0 Å². The topological polar surface area (TPSA) is 81.2 Å². The summed E-state index contributed by atoms with van der Waals surface area (Å²) in [6, 6.07) is 3.28. The van der Waals surface area contributed by atoms with Gasteiger partial charge in [-0.15, -0.1) is 0 Å². The van der Waals surface area contributed by atoms with Crippen molar-refractivity contribution in [1.29, 1.82) is 0 Å². The summed E-state index contributed by atoms with van der Waals surface area (Å²) in [5.41, 5.74) is 6.37. The summed E-state index contributed by atoms with van der Waals surface area (Å²) >= 11 is 0. The van der Waals surface area contributed by atoms with Gasteiger partial charge in [0.2, 0.25) is 10.0 Å². The first-order valence-corrected chi connectivity index (χ1v) is 7.23. The van der Waals surface area contributed by atoms with Crippen LogP contribution in [0.1, 0.15) is 5.56 Å². The maximum atomic E-state index is 13.2. The number of rotatable bonds is 4. The van der Waals surface area contributed by atoms with E-state index in [2.05, 4.69) is 5.10 Å². The molecule has 2 aromatic rings. The van der Waals surface area contributed by atoms with Crippen LogP contribution in [0.25, 0.3) is 0 Å². The summed E-state index contributed by atoms with van der Waals surface area (Å²) in [6.45, 7) is 0.131. The summed E-state index contributed by atoms with van der Waals surface area (Å²) in [4.78, 5) is -0.233. The van der Waals surface area contributed by atoms with E-state index in [1.165, 1.54) is 13.1 Å². The van der Waals surface area contributed by atoms with Gasteiger partial charge in [-0.25, -0.2) is 12.8 Å². The van der Waals surface area contributed by atoms with Gasteiger partial charge in [0.15, 0.2) is 0 Å². The van der Waals surface area contributed by atoms with Gasteiger partial charge < -0.3 is 5.73 Å². The number of nitrogens with two attached hydrogens (primary N) is 1. The van der Waals surface area contributed by atoms with E-state index in [1.54, 1.807) is 24.1 Å². The molecule has 0 radical (unpaired) electrons. The molecule has 0 bridgehead atoms. The largest absolute Gasteiger partial charge is 0.398 e. The molecule has 0 fully saturated rings. The Hall–Kier alpha value is -1.93. The predicted octanol–water partition coefficient (Wildman–Crippen LogP) is 0.962. The summed E-state index contributed by atoms with van der Waals surface area (Å²) < 4.78 is 40.6. The van der Waals surface area contributed by atoms with Gasteiger partial charge in [0.1, 0.15) is 10.7 Å². The molecule has 1 heterocycles. The first-order valence-electron chi connectivity index (χ1n) is 5.79. The molecule has 2 N–H and O–H groups in total. The first-order chi connectivity index (χ1) is 9.30. The highest BCUT2D eigenvalue weighted by Crippen LogP contribution is 2.23. The number of sulfonamides is 1. The van der Waals surface area contributed by atoms with E-state index in [4.69, 9.17) is 5.73 Å². The Morgan fingerprint density at radius 2 is 2.15 bits per heavy atom. The van der Waals surface area contributed by atoms with E-state index >= 15 is 0 Å². The van der Waals surface area contributed by atoms with Crippen LogP contribution >= 0.6 is 0 Å². The number of benzene rings is 1. The van der Waals surface area contributed by atoms with Crippen molar-refractivity contribution in [3.8, 4) is 0 Å². The Bertz CT molecular complexity index is 727. The molecule has 1 aromatic carbocycles. The Balaban J connectivity index is 2.32. The summed E-state index contributed by atoms with van der Waals surface area (Å²) in [7, 11) is -0.702. The predicted molar refractivity (Wildman–Crippen MR) is 72.7 cm³/mol. The lowest BCUT2D eigenvalue weighted by Crippen LogP contribution is -2.27. The molecule has 0 unspecified atom stereocenters. The lowest BCUT2D eigenvalue weighted by Gasteiger charge is -2.17. The van der Waals surface area contributed by atoms with E-state index in [0.29, 0.717) is 0 Å². The molecular formula is C12H15FN4O2S. The molecule has 0 saturated heterocycles. The molecule has 108 valence electrons. The molecule has 20 heavy (non-hydrogen) atoms. The molecule has 0 atom stereocenters. The van der Waals surface area contributed by atoms with E-state index in [9.17, 15) is 12.8 Å². The summed E-state index contributed by atoms with van der Waals surface area (Å²) in [5, 5.41) is 3.97. The van der Waals surface area contributed by atoms with Crippen LogP contribution in [-0.4, -0.2) is 29.6 Å². The second-order valence-corrected chi connectivity index (χ2v) is 6.48. The maximum absolute atomic E-state index is 13.2. The van der Waals surface area contributed by atoms with Gasteiger partial charge in [-0.05, 0) is 18.2 Å². The highest BCUT2D eigenvalue weighted by atomic mass is 32.2. The smallest absolute Gasteiger partial charge is 0.245 e. The molecule has 0 aliphatic heterocycles. The lowest BCUT2D eigenvalue weighted by atomic mass is 10.3. The number of hydrogen-bond acceptors (Lipinski definition) is 4. The first kappa shape index (κ1) is 14.5. The molecule has 0 saturated carbocycles. The van der Waals surface area contributed by atoms with Crippen molar-refractivity contribution in [3.05, 3.63) is 42.0 Å². The highest BCUT2D eigenvalue weighted by Gasteiger charge is 2.24. The van der Waals surface area contributed by atoms with Gasteiger partial charge in [-0.2, -0.15) is 9.40 Å². The zero-order valence-electron chi connectivity index (χ0n) is 11.1. The Morgan fingerprint density at radius 3 is 2.75 bits per heavy atom. The molecule has 6 nitrogen and oxygen atoms in total. The van der Waals surface area contributed by atoms with E-state index in [1.807, 2.05) is 0 Å². The molecule has 0 aliphatic rings. The molecule has 0 amide bonds. The second kappa shape index (κ2) is 5.22. The molecule has 2 rings (SSSR count). The lowest BCUT2D eigenvalue weighted by molar-refractivity contribution is 0.466. The fourth-order valence-corrected chi connectivity index (χ4v) is 3.08. The van der Waals surface area contributed by atoms with E-state index in [0.717, 1.165) is 22.0 Å². The minimum atomic E-state index is -3.85. The third kappa shape index (κ3) is 2.81. The Morgan fingerprint density at radius 1 is 1.45 bits per heavy atom. The monoisotopic (exact) mass is 298 g/mol. The van der Waals surface area contributed by atoms with Gasteiger partial charge in [0.05, 0.1) is 11.9 Å². The molecule has 8 heteroatoms. The minimum absolute atomic E-state index is 0.0180. The van der Waals surface area contributed by atoms with E-state index in [-0.39, 0.29) is 17.1 Å². The van der Waals surface area contributed by atoms with Crippen molar-refractivity contribution < 1.29 is 12.8 Å². The van der Waals surface area contributed by atoms with Crippen molar-refractivity contribution in [2.75, 3.05) is 12.8 Å². The number of hydrogen-bond donors (Lipinski definition) is 1. The van der Waals surface area contributed by atoms with Crippen molar-refractivity contribution in [2.45, 2.75) is 11.4 Å². The van der Waals surface area contributed by atoms with Crippen LogP contribution in [-0.2, 0) is 23.6 Å². The van der Waals surface area contributed by atoms with Crippen LogP contribution in [0, 0.1) is 5.82 Å². The van der Waals surface area contributed by atoms with Crippen LogP contribution < -0.4 is 5.73 Å². The molecule has 0 spiro atoms. The number of aryl methyl sites for hydroxylation is 1. The van der Waals surface area contributed by atoms with Gasteiger partial charge in [-0.1, -0.05) is 0 Å². The van der Waals surface area contributed by atoms with Crippen molar-refractivity contribution in [3.63, 3.8) is 0 Å². The van der Waals surface area contributed by atoms with Gasteiger partial charge in [0.25, 0.3) is 0 Å². The average Bonchev–Trinajstić information content (AvgIpc) is 2.77. The number of anilines is 1. The van der Waals surface area contributed by atoms with Crippen LogP contribution in [0.15, 0.2) is 35.5 Å². The molecule has 1 aromatic heterocycles. The third-order valence-electron chi connectivity index (χ3n) is 2.83. The fraction of sp³-hybridized carbons (Fsp3) is 0.250. The Kier molecular flexibility index (Phi) is 3.78. The zero-order chi connectivity index (χ0) is 14.9. The van der Waals surface area contributed by atoms with Crippen molar-refractivity contribution in [2.24, 2.45) is 7.05 Å². The zero-order valence-corrected chi connectivity index (χ0v) is 11.9. The van der Waals surface area contributed by atoms with Crippen LogP contribution in [0.5, 0.6) is 0 Å². The summed E-state index contributed by atoms with van der Waals surface area (Å²) in [5.74, 6) is -0.646. The van der Waals surface area contributed by atoms with Gasteiger partial charge in [0, 0.05) is 32.4 Å². The van der Waals surface area contributed by atoms with Crippen LogP contribution in [0.2, 0.25) is 0 Å². The Labute approximate surface area is 116 Å². The SMILES string of the molecule is CN(Cc1cnn(C)c1)S(=O)(=O)c1cc(F)ccc1N. The normalized spacial score (nSPS) is 12.0. The number of nitrogen functional groups attached to an aromatic ring is 1. The minimum Gasteiger partial charge on any atom is -0.398 e. The molecule has 0 aliphatic carbocycles. The van der Waals surface area contributed by atoms with Crippen molar-refractivity contribution >= 4 is 15.7 Å². The maximum Gasteiger partial charge on any atom is 0.245 e. The third-order valence-corrected chi connectivity index (χ3v) is 4.69. The summed E-state index contributed by atoms with van der Waals surface area (Å²) in [6.07, 6.45) is 3.28.